The highest BCUT2D eigenvalue weighted by Crippen LogP contribution is 2.36. The third-order valence-corrected chi connectivity index (χ3v) is 7.37. The number of nitrogens with zero attached hydrogens (tertiary/aromatic N) is 3. The highest BCUT2D eigenvalue weighted by molar-refractivity contribution is 7.90. The molecule has 5 rings (SSSR count). The molecular formula is C20H25N5O5S. The first-order valence-corrected chi connectivity index (χ1v) is 12.0. The highest BCUT2D eigenvalue weighted by Gasteiger charge is 2.32. The number of amides is 2. The quantitative estimate of drug-likeness (QED) is 0.710. The second-order valence-electron chi connectivity index (χ2n) is 8.23. The molecule has 2 aromatic rings. The Morgan fingerprint density at radius 3 is 2.61 bits per heavy atom. The molecule has 2 aliphatic carbocycles. The number of aromatic nitrogens is 3. The molecule has 166 valence electrons. The van der Waals surface area contributed by atoms with Crippen LogP contribution < -0.4 is 14.8 Å². The summed E-state index contributed by atoms with van der Waals surface area (Å²) in [7, 11) is -2.55. The Morgan fingerprint density at radius 1 is 1.23 bits per heavy atom. The molecule has 0 fully saturated rings. The van der Waals surface area contributed by atoms with Crippen molar-refractivity contribution >= 4 is 21.7 Å². The Kier molecular flexibility index (Phi) is 5.09. The molecular weight excluding hydrogens is 422 g/mol. The number of carbonyl (C=O) groups excluding carboxylic acids is 1. The molecule has 31 heavy (non-hydrogen) atoms. The van der Waals surface area contributed by atoms with E-state index in [4.69, 9.17) is 14.5 Å². The highest BCUT2D eigenvalue weighted by atomic mass is 32.2. The SMILES string of the molecule is COCC1COc2c(S(=O)(=O)NC(=O)Nc3c4c(nc5c3CCC5)CCC4)cnn2C1. The third kappa shape index (κ3) is 3.65. The van der Waals surface area contributed by atoms with Gasteiger partial charge < -0.3 is 14.8 Å². The van der Waals surface area contributed by atoms with E-state index in [-0.39, 0.29) is 16.7 Å². The maximum Gasteiger partial charge on any atom is 0.333 e. The van der Waals surface area contributed by atoms with Gasteiger partial charge in [-0.1, -0.05) is 0 Å². The number of rotatable bonds is 5. The molecule has 0 spiro atoms. The van der Waals surface area contributed by atoms with Crippen molar-refractivity contribution in [2.75, 3.05) is 25.6 Å². The molecule has 1 unspecified atom stereocenters. The van der Waals surface area contributed by atoms with Gasteiger partial charge in [0.25, 0.3) is 10.0 Å². The Labute approximate surface area is 180 Å². The molecule has 2 aromatic heterocycles. The van der Waals surface area contributed by atoms with Gasteiger partial charge in [0.05, 0.1) is 31.6 Å². The van der Waals surface area contributed by atoms with Crippen LogP contribution in [0.1, 0.15) is 35.4 Å². The molecule has 3 aliphatic rings. The van der Waals surface area contributed by atoms with Crippen LogP contribution in [0, 0.1) is 5.92 Å². The number of carbonyl (C=O) groups is 1. The van der Waals surface area contributed by atoms with Crippen molar-refractivity contribution in [3.8, 4) is 5.88 Å². The molecule has 0 saturated carbocycles. The van der Waals surface area contributed by atoms with Crippen LogP contribution in [0.5, 0.6) is 5.88 Å². The van der Waals surface area contributed by atoms with Crippen molar-refractivity contribution in [2.45, 2.75) is 50.0 Å². The number of methoxy groups -OCH3 is 1. The zero-order valence-corrected chi connectivity index (χ0v) is 18.1. The van der Waals surface area contributed by atoms with Gasteiger partial charge in [0.15, 0.2) is 4.90 Å². The smallest absolute Gasteiger partial charge is 0.333 e. The summed E-state index contributed by atoms with van der Waals surface area (Å²) in [6, 6.07) is -0.789. The van der Waals surface area contributed by atoms with Gasteiger partial charge in [-0.15, -0.1) is 0 Å². The number of aryl methyl sites for hydroxylation is 2. The second-order valence-corrected chi connectivity index (χ2v) is 9.88. The van der Waals surface area contributed by atoms with Crippen molar-refractivity contribution in [1.82, 2.24) is 19.5 Å². The molecule has 0 aromatic carbocycles. The van der Waals surface area contributed by atoms with Crippen LogP contribution in [0.2, 0.25) is 0 Å². The molecule has 10 nitrogen and oxygen atoms in total. The molecule has 2 amide bonds. The minimum Gasteiger partial charge on any atom is -0.476 e. The van der Waals surface area contributed by atoms with Crippen molar-refractivity contribution in [2.24, 2.45) is 5.92 Å². The number of sulfonamides is 1. The van der Waals surface area contributed by atoms with E-state index in [1.54, 1.807) is 7.11 Å². The number of hydrogen-bond acceptors (Lipinski definition) is 7. The van der Waals surface area contributed by atoms with Crippen LogP contribution in [-0.2, 0) is 47.0 Å². The first-order valence-electron chi connectivity index (χ1n) is 10.5. The van der Waals surface area contributed by atoms with Gasteiger partial charge in [-0.05, 0) is 49.7 Å². The summed E-state index contributed by atoms with van der Waals surface area (Å²) in [5.74, 6) is 0.221. The van der Waals surface area contributed by atoms with Crippen molar-refractivity contribution in [3.05, 3.63) is 28.7 Å². The van der Waals surface area contributed by atoms with Crippen LogP contribution in [0.15, 0.2) is 11.1 Å². The molecule has 1 atom stereocenters. The number of fused-ring (bicyclic) bond motifs is 3. The summed E-state index contributed by atoms with van der Waals surface area (Å²) in [6.07, 6.45) is 6.65. The maximum atomic E-state index is 12.9. The zero-order chi connectivity index (χ0) is 21.6. The van der Waals surface area contributed by atoms with Crippen LogP contribution in [0.3, 0.4) is 0 Å². The Morgan fingerprint density at radius 2 is 1.94 bits per heavy atom. The summed E-state index contributed by atoms with van der Waals surface area (Å²) in [5, 5.41) is 6.93. The minimum absolute atomic E-state index is 0.0834. The lowest BCUT2D eigenvalue weighted by atomic mass is 10.1. The topological polar surface area (TPSA) is 124 Å². The fourth-order valence-corrected chi connectivity index (χ4v) is 5.69. The van der Waals surface area contributed by atoms with Crippen LogP contribution >= 0.6 is 0 Å². The maximum absolute atomic E-state index is 12.9. The van der Waals surface area contributed by atoms with Crippen molar-refractivity contribution in [1.29, 1.82) is 0 Å². The van der Waals surface area contributed by atoms with Gasteiger partial charge in [-0.25, -0.2) is 22.6 Å². The monoisotopic (exact) mass is 447 g/mol. The third-order valence-electron chi connectivity index (χ3n) is 6.05. The van der Waals surface area contributed by atoms with E-state index in [9.17, 15) is 13.2 Å². The summed E-state index contributed by atoms with van der Waals surface area (Å²) in [5.41, 5.74) is 4.83. The van der Waals surface area contributed by atoms with E-state index in [1.807, 2.05) is 0 Å². The average molecular weight is 448 g/mol. The first kappa shape index (κ1) is 20.3. The van der Waals surface area contributed by atoms with E-state index in [0.717, 1.165) is 66.7 Å². The standard InChI is InChI=1S/C20H25N5O5S/c1-29-10-12-9-25-19(30-11-12)17(8-21-25)31(27,28)24-20(26)23-18-13-4-2-6-15(13)22-16-7-3-5-14(16)18/h8,12H,2-7,9-11H2,1H3,(H2,22,23,24,26). The van der Waals surface area contributed by atoms with Gasteiger partial charge in [0, 0.05) is 24.4 Å². The minimum atomic E-state index is -4.15. The summed E-state index contributed by atoms with van der Waals surface area (Å²) < 4.78 is 40.2. The van der Waals surface area contributed by atoms with Gasteiger partial charge in [0.2, 0.25) is 5.88 Å². The zero-order valence-electron chi connectivity index (χ0n) is 17.3. The number of pyridine rings is 1. The largest absolute Gasteiger partial charge is 0.476 e. The first-order chi connectivity index (χ1) is 15.0. The van der Waals surface area contributed by atoms with Gasteiger partial charge >= 0.3 is 6.03 Å². The predicted molar refractivity (Wildman–Crippen MR) is 111 cm³/mol. The summed E-state index contributed by atoms with van der Waals surface area (Å²) in [6.45, 7) is 1.30. The Hall–Kier alpha value is -2.66. The average Bonchev–Trinajstić information content (AvgIpc) is 3.46. The Bertz CT molecular complexity index is 1110. The van der Waals surface area contributed by atoms with Crippen LogP contribution in [-0.4, -0.2) is 49.5 Å². The number of ether oxygens (including phenoxy) is 2. The molecule has 2 N–H and O–H groups in total. The van der Waals surface area contributed by atoms with Gasteiger partial charge in [0.1, 0.15) is 0 Å². The lowest BCUT2D eigenvalue weighted by molar-refractivity contribution is 0.0779. The van der Waals surface area contributed by atoms with Gasteiger partial charge in [-0.3, -0.25) is 4.98 Å². The van der Waals surface area contributed by atoms with E-state index >= 15 is 0 Å². The van der Waals surface area contributed by atoms with Crippen LogP contribution in [0.4, 0.5) is 10.5 Å². The Balaban J connectivity index is 1.36. The van der Waals surface area contributed by atoms with E-state index < -0.39 is 16.1 Å². The molecule has 0 bridgehead atoms. The number of hydrogen-bond donors (Lipinski definition) is 2. The summed E-state index contributed by atoms with van der Waals surface area (Å²) in [4.78, 5) is 17.3. The van der Waals surface area contributed by atoms with Gasteiger partial charge in [-0.2, -0.15) is 5.10 Å². The molecule has 11 heteroatoms. The summed E-state index contributed by atoms with van der Waals surface area (Å²) >= 11 is 0. The number of urea groups is 1. The van der Waals surface area contributed by atoms with Crippen molar-refractivity contribution in [3.63, 3.8) is 0 Å². The second kappa shape index (κ2) is 7.79. The van der Waals surface area contributed by atoms with E-state index in [0.29, 0.717) is 19.8 Å². The molecule has 0 saturated heterocycles. The molecule has 0 radical (unpaired) electrons. The fraction of sp³-hybridized carbons (Fsp3) is 0.550. The van der Waals surface area contributed by atoms with E-state index in [2.05, 4.69) is 15.1 Å². The molecule has 1 aliphatic heterocycles. The fourth-order valence-electron chi connectivity index (χ4n) is 4.70. The normalized spacial score (nSPS) is 19.3. The lowest BCUT2D eigenvalue weighted by Gasteiger charge is -2.24. The predicted octanol–water partition coefficient (Wildman–Crippen LogP) is 1.42. The van der Waals surface area contributed by atoms with Crippen LogP contribution in [0.25, 0.3) is 0 Å². The number of anilines is 1. The van der Waals surface area contributed by atoms with Crippen molar-refractivity contribution < 1.29 is 22.7 Å². The van der Waals surface area contributed by atoms with E-state index in [1.165, 1.54) is 10.9 Å². The number of nitrogens with one attached hydrogen (secondary N) is 2. The lowest BCUT2D eigenvalue weighted by Crippen LogP contribution is -2.35. The molecule has 3 heterocycles.